The van der Waals surface area contributed by atoms with E-state index in [2.05, 4.69) is 32.3 Å². The quantitative estimate of drug-likeness (QED) is 0.308. The fourth-order valence-corrected chi connectivity index (χ4v) is 3.65. The van der Waals surface area contributed by atoms with Gasteiger partial charge in [0.2, 0.25) is 11.9 Å². The van der Waals surface area contributed by atoms with E-state index in [-0.39, 0.29) is 23.1 Å². The lowest BCUT2D eigenvalue weighted by Crippen LogP contribution is -2.21. The van der Waals surface area contributed by atoms with Crippen molar-refractivity contribution in [2.75, 3.05) is 10.6 Å². The molecule has 0 unspecified atom stereocenters. The minimum atomic E-state index is -0.975. The first kappa shape index (κ1) is 24.3. The third-order valence-electron chi connectivity index (χ3n) is 5.34. The number of benzene rings is 2. The maximum absolute atomic E-state index is 14.3. The van der Waals surface area contributed by atoms with Crippen LogP contribution in [-0.4, -0.2) is 30.2 Å². The number of aryl methyl sites for hydroxylation is 1. The molecule has 10 nitrogen and oxygen atoms in total. The largest absolute Gasteiger partial charge is 0.448 e. The molecule has 0 bridgehead atoms. The van der Waals surface area contributed by atoms with Gasteiger partial charge in [0.1, 0.15) is 5.82 Å². The van der Waals surface area contributed by atoms with Gasteiger partial charge in [0.25, 0.3) is 5.56 Å². The fraction of sp³-hybridized carbons (Fsp3) is 0.0385. The second-order valence-electron chi connectivity index (χ2n) is 8.07. The van der Waals surface area contributed by atoms with E-state index in [0.717, 1.165) is 18.2 Å². The van der Waals surface area contributed by atoms with Crippen LogP contribution in [-0.2, 0) is 11.8 Å². The summed E-state index contributed by atoms with van der Waals surface area (Å²) in [5, 5.41) is 10.1. The monoisotopic (exact) mass is 515 g/mol. The van der Waals surface area contributed by atoms with Gasteiger partial charge in [-0.1, -0.05) is 12.6 Å². The SMILES string of the molecule is C=CC(=O)Nc1cccc(-n2c(=O)c(Oc3ccc(F)cc3F)cc3cnc(Nc4cnn(C)c4)nc32)c1. The smallest absolute Gasteiger partial charge is 0.299 e. The Kier molecular flexibility index (Phi) is 6.35. The van der Waals surface area contributed by atoms with E-state index in [4.69, 9.17) is 4.74 Å². The van der Waals surface area contributed by atoms with Gasteiger partial charge in [0.05, 0.1) is 17.6 Å². The van der Waals surface area contributed by atoms with Crippen molar-refractivity contribution in [3.63, 3.8) is 0 Å². The van der Waals surface area contributed by atoms with Crippen LogP contribution in [0.25, 0.3) is 16.7 Å². The predicted molar refractivity (Wildman–Crippen MR) is 137 cm³/mol. The third-order valence-corrected chi connectivity index (χ3v) is 5.34. The zero-order valence-electron chi connectivity index (χ0n) is 19.9. The van der Waals surface area contributed by atoms with E-state index in [9.17, 15) is 18.4 Å². The summed E-state index contributed by atoms with van der Waals surface area (Å²) in [5.74, 6) is -2.59. The zero-order valence-corrected chi connectivity index (χ0v) is 19.9. The number of carbonyl (C=O) groups excluding carboxylic acids is 1. The summed E-state index contributed by atoms with van der Waals surface area (Å²) in [6.07, 6.45) is 5.89. The molecule has 5 rings (SSSR count). The molecule has 3 aromatic heterocycles. The first-order valence-corrected chi connectivity index (χ1v) is 11.2. The number of rotatable bonds is 7. The highest BCUT2D eigenvalue weighted by atomic mass is 19.1. The standard InChI is InChI=1S/C26H19F2N7O3/c1-3-23(36)31-17-5-4-6-19(11-17)35-24-15(12-29-26(33-24)32-18-13-30-34(2)14-18)9-22(25(35)37)38-21-8-7-16(27)10-20(21)28/h3-14H,1H2,2H3,(H,31,36)(H,29,32,33). The fourth-order valence-electron chi connectivity index (χ4n) is 3.65. The summed E-state index contributed by atoms with van der Waals surface area (Å²) < 4.78 is 36.1. The molecule has 38 heavy (non-hydrogen) atoms. The first-order valence-electron chi connectivity index (χ1n) is 11.2. The Morgan fingerprint density at radius 2 is 1.92 bits per heavy atom. The number of nitrogens with zero attached hydrogens (tertiary/aromatic N) is 5. The molecule has 0 fully saturated rings. The van der Waals surface area contributed by atoms with Gasteiger partial charge in [0, 0.05) is 36.6 Å². The van der Waals surface area contributed by atoms with Crippen LogP contribution < -0.4 is 20.9 Å². The molecule has 190 valence electrons. The van der Waals surface area contributed by atoms with Crippen LogP contribution in [0.15, 0.2) is 84.6 Å². The Hall–Kier alpha value is -5.39. The molecule has 0 saturated heterocycles. The predicted octanol–water partition coefficient (Wildman–Crippen LogP) is 4.45. The van der Waals surface area contributed by atoms with Crippen molar-refractivity contribution in [1.29, 1.82) is 0 Å². The number of hydrogen-bond donors (Lipinski definition) is 2. The summed E-state index contributed by atoms with van der Waals surface area (Å²) in [5.41, 5.74) is 0.876. The molecule has 0 saturated carbocycles. The maximum atomic E-state index is 14.3. The third kappa shape index (κ3) is 4.95. The molecular formula is C26H19F2N7O3. The van der Waals surface area contributed by atoms with Gasteiger partial charge in [-0.25, -0.2) is 13.8 Å². The second-order valence-corrected chi connectivity index (χ2v) is 8.07. The Balaban J connectivity index is 1.67. The van der Waals surface area contributed by atoms with Crippen molar-refractivity contribution in [2.45, 2.75) is 0 Å². The van der Waals surface area contributed by atoms with Gasteiger partial charge in [-0.2, -0.15) is 10.1 Å². The van der Waals surface area contributed by atoms with E-state index in [0.29, 0.717) is 28.5 Å². The van der Waals surface area contributed by atoms with Crippen molar-refractivity contribution >= 4 is 34.3 Å². The summed E-state index contributed by atoms with van der Waals surface area (Å²) in [7, 11) is 1.76. The number of aromatic nitrogens is 5. The van der Waals surface area contributed by atoms with E-state index in [1.54, 1.807) is 48.4 Å². The first-order chi connectivity index (χ1) is 18.3. The zero-order chi connectivity index (χ0) is 26.8. The number of anilines is 3. The maximum Gasteiger partial charge on any atom is 0.299 e. The van der Waals surface area contributed by atoms with Crippen LogP contribution in [0.1, 0.15) is 0 Å². The summed E-state index contributed by atoms with van der Waals surface area (Å²) in [6, 6.07) is 10.6. The average Bonchev–Trinajstić information content (AvgIpc) is 3.30. The van der Waals surface area contributed by atoms with Crippen molar-refractivity contribution in [3.05, 3.63) is 102 Å². The van der Waals surface area contributed by atoms with E-state index in [1.807, 2.05) is 0 Å². The van der Waals surface area contributed by atoms with Gasteiger partial charge >= 0.3 is 0 Å². The van der Waals surface area contributed by atoms with Crippen LogP contribution in [0.2, 0.25) is 0 Å². The number of amides is 1. The number of fused-ring (bicyclic) bond motifs is 1. The molecule has 0 radical (unpaired) electrons. The number of carbonyl (C=O) groups is 1. The lowest BCUT2D eigenvalue weighted by Gasteiger charge is -2.15. The van der Waals surface area contributed by atoms with Crippen molar-refractivity contribution in [3.8, 4) is 17.2 Å². The van der Waals surface area contributed by atoms with Crippen LogP contribution in [0, 0.1) is 11.6 Å². The van der Waals surface area contributed by atoms with Gasteiger partial charge in [-0.3, -0.25) is 18.8 Å². The van der Waals surface area contributed by atoms with E-state index in [1.165, 1.54) is 16.8 Å². The highest BCUT2D eigenvalue weighted by molar-refractivity contribution is 5.99. The molecule has 12 heteroatoms. The second kappa shape index (κ2) is 9.93. The van der Waals surface area contributed by atoms with Crippen molar-refractivity contribution < 1.29 is 18.3 Å². The molecule has 2 aromatic carbocycles. The van der Waals surface area contributed by atoms with Gasteiger partial charge < -0.3 is 15.4 Å². The number of hydrogen-bond acceptors (Lipinski definition) is 7. The van der Waals surface area contributed by atoms with Crippen molar-refractivity contribution in [2.24, 2.45) is 7.05 Å². The summed E-state index contributed by atoms with van der Waals surface area (Å²) in [4.78, 5) is 34.3. The molecule has 5 aromatic rings. The van der Waals surface area contributed by atoms with E-state index >= 15 is 0 Å². The van der Waals surface area contributed by atoms with Gasteiger partial charge in [-0.05, 0) is 42.5 Å². The van der Waals surface area contributed by atoms with Crippen molar-refractivity contribution in [1.82, 2.24) is 24.3 Å². The highest BCUT2D eigenvalue weighted by Gasteiger charge is 2.17. The Morgan fingerprint density at radius 1 is 1.08 bits per heavy atom. The molecule has 1 amide bonds. The Morgan fingerprint density at radius 3 is 2.66 bits per heavy atom. The molecule has 2 N–H and O–H groups in total. The summed E-state index contributed by atoms with van der Waals surface area (Å²) >= 11 is 0. The Bertz CT molecular complexity index is 1760. The molecule has 0 atom stereocenters. The molecule has 0 aliphatic heterocycles. The van der Waals surface area contributed by atoms with Crippen LogP contribution >= 0.6 is 0 Å². The van der Waals surface area contributed by atoms with Crippen LogP contribution in [0.3, 0.4) is 0 Å². The minimum Gasteiger partial charge on any atom is -0.448 e. The normalized spacial score (nSPS) is 10.8. The lowest BCUT2D eigenvalue weighted by molar-refractivity contribution is -0.111. The topological polar surface area (TPSA) is 116 Å². The highest BCUT2D eigenvalue weighted by Crippen LogP contribution is 2.27. The summed E-state index contributed by atoms with van der Waals surface area (Å²) in [6.45, 7) is 3.43. The molecule has 3 heterocycles. The lowest BCUT2D eigenvalue weighted by atomic mass is 10.2. The minimum absolute atomic E-state index is 0.188. The van der Waals surface area contributed by atoms with Gasteiger partial charge in [-0.15, -0.1) is 0 Å². The van der Waals surface area contributed by atoms with Gasteiger partial charge in [0.15, 0.2) is 23.0 Å². The number of pyridine rings is 1. The molecular weight excluding hydrogens is 496 g/mol. The molecule has 0 aliphatic rings. The molecule has 0 aliphatic carbocycles. The van der Waals surface area contributed by atoms with E-state index < -0.39 is 23.1 Å². The number of ether oxygens (including phenoxy) is 1. The average molecular weight is 515 g/mol. The number of nitrogens with one attached hydrogen (secondary N) is 2. The van der Waals surface area contributed by atoms with Crippen LogP contribution in [0.5, 0.6) is 11.5 Å². The Labute approximate surface area is 213 Å². The molecule has 0 spiro atoms. The number of halogens is 2. The van der Waals surface area contributed by atoms with Crippen LogP contribution in [0.4, 0.5) is 26.1 Å².